The van der Waals surface area contributed by atoms with Crippen LogP contribution in [0.2, 0.25) is 0 Å². The number of hydrogen-bond acceptors (Lipinski definition) is 6. The molecule has 3 heterocycles. The van der Waals surface area contributed by atoms with Crippen molar-refractivity contribution < 1.29 is 31.5 Å². The first kappa shape index (κ1) is 22.7. The van der Waals surface area contributed by atoms with Crippen LogP contribution in [0.4, 0.5) is 33.6 Å². The van der Waals surface area contributed by atoms with Gasteiger partial charge in [0.1, 0.15) is 23.1 Å². The fraction of sp³-hybridized carbons (Fsp3) is 0.421. The topological polar surface area (TPSA) is 93.4 Å². The van der Waals surface area contributed by atoms with Crippen LogP contribution in [0.15, 0.2) is 30.5 Å². The Balaban J connectivity index is 1.83. The van der Waals surface area contributed by atoms with E-state index in [9.17, 15) is 26.7 Å². The van der Waals surface area contributed by atoms with E-state index in [1.165, 1.54) is 12.1 Å². The van der Waals surface area contributed by atoms with Gasteiger partial charge in [0.05, 0.1) is 6.54 Å². The number of aromatic nitrogens is 2. The number of piperidine rings is 1. The van der Waals surface area contributed by atoms with Gasteiger partial charge in [-0.05, 0) is 31.0 Å². The Kier molecular flexibility index (Phi) is 6.30. The standard InChI is InChI=1S/C19H20F5N5O2/c1-11-2-3-14(27-15-8-13(5-7-26-15)31-19(22,23)24)28-16(11)17(30)29-10-18(20,21)6-4-12(29)9-25/h2-3,5,7-8,12H,4,6,9-10,25H2,1H3,(H,26,27,28). The van der Waals surface area contributed by atoms with Gasteiger partial charge in [-0.15, -0.1) is 13.2 Å². The predicted molar refractivity (Wildman–Crippen MR) is 101 cm³/mol. The van der Waals surface area contributed by atoms with Crippen LogP contribution in [0.5, 0.6) is 5.75 Å². The highest BCUT2D eigenvalue weighted by Gasteiger charge is 2.42. The normalized spacial score (nSPS) is 18.5. The van der Waals surface area contributed by atoms with E-state index in [0.29, 0.717) is 5.56 Å². The van der Waals surface area contributed by atoms with E-state index in [4.69, 9.17) is 5.73 Å². The number of halogens is 5. The minimum absolute atomic E-state index is 0.0131. The van der Waals surface area contributed by atoms with E-state index in [1.54, 1.807) is 6.92 Å². The van der Waals surface area contributed by atoms with Crippen molar-refractivity contribution in [3.63, 3.8) is 0 Å². The van der Waals surface area contributed by atoms with E-state index in [1.807, 2.05) is 0 Å². The monoisotopic (exact) mass is 445 g/mol. The molecule has 12 heteroatoms. The van der Waals surface area contributed by atoms with Crippen LogP contribution in [0, 0.1) is 6.92 Å². The molecule has 1 amide bonds. The first-order valence-corrected chi connectivity index (χ1v) is 9.33. The molecule has 7 nitrogen and oxygen atoms in total. The number of pyridine rings is 2. The molecule has 0 spiro atoms. The van der Waals surface area contributed by atoms with Gasteiger partial charge in [-0.1, -0.05) is 6.07 Å². The van der Waals surface area contributed by atoms with Crippen molar-refractivity contribution >= 4 is 17.5 Å². The average Bonchev–Trinajstić information content (AvgIpc) is 2.67. The van der Waals surface area contributed by atoms with Crippen molar-refractivity contribution in [2.45, 2.75) is 38.1 Å². The molecule has 168 valence electrons. The lowest BCUT2D eigenvalue weighted by Gasteiger charge is -2.39. The molecule has 31 heavy (non-hydrogen) atoms. The van der Waals surface area contributed by atoms with Gasteiger partial charge in [0.2, 0.25) is 0 Å². The summed E-state index contributed by atoms with van der Waals surface area (Å²) in [6.45, 7) is 0.874. The predicted octanol–water partition coefficient (Wildman–Crippen LogP) is 3.63. The second-order valence-corrected chi connectivity index (χ2v) is 7.13. The van der Waals surface area contributed by atoms with E-state index in [-0.39, 0.29) is 36.7 Å². The van der Waals surface area contributed by atoms with E-state index < -0.39 is 36.5 Å². The number of anilines is 2. The summed E-state index contributed by atoms with van der Waals surface area (Å²) in [7, 11) is 0. The second-order valence-electron chi connectivity index (χ2n) is 7.13. The highest BCUT2D eigenvalue weighted by Crippen LogP contribution is 2.31. The lowest BCUT2D eigenvalue weighted by molar-refractivity contribution is -0.274. The second kappa shape index (κ2) is 8.61. The van der Waals surface area contributed by atoms with Gasteiger partial charge in [-0.2, -0.15) is 0 Å². The Labute approximate surface area is 174 Å². The summed E-state index contributed by atoms with van der Waals surface area (Å²) in [6, 6.07) is 4.52. The number of nitrogens with zero attached hydrogens (tertiary/aromatic N) is 3. The Morgan fingerprint density at radius 1 is 1.32 bits per heavy atom. The number of aryl methyl sites for hydroxylation is 1. The molecule has 2 aromatic rings. The van der Waals surface area contributed by atoms with Crippen molar-refractivity contribution in [3.05, 3.63) is 41.7 Å². The quantitative estimate of drug-likeness (QED) is 0.683. The fourth-order valence-electron chi connectivity index (χ4n) is 3.23. The molecule has 2 aromatic heterocycles. The number of nitrogens with two attached hydrogens (primary N) is 1. The molecule has 3 N–H and O–H groups in total. The molecule has 3 rings (SSSR count). The summed E-state index contributed by atoms with van der Waals surface area (Å²) in [5, 5.41) is 2.68. The van der Waals surface area contributed by atoms with Crippen LogP contribution in [0.3, 0.4) is 0 Å². The van der Waals surface area contributed by atoms with Crippen LogP contribution in [-0.2, 0) is 0 Å². The third-order valence-electron chi connectivity index (χ3n) is 4.74. The summed E-state index contributed by atoms with van der Waals surface area (Å²) in [6.07, 6.45) is -4.04. The Hall–Kier alpha value is -3.02. The SMILES string of the molecule is Cc1ccc(Nc2cc(OC(F)(F)F)ccn2)nc1C(=O)N1CC(F)(F)CCC1CN. The lowest BCUT2D eigenvalue weighted by atomic mass is 9.98. The molecule has 0 radical (unpaired) electrons. The molecular weight excluding hydrogens is 425 g/mol. The summed E-state index contributed by atoms with van der Waals surface area (Å²) in [4.78, 5) is 22.1. The van der Waals surface area contributed by atoms with Crippen molar-refractivity contribution in [1.82, 2.24) is 14.9 Å². The van der Waals surface area contributed by atoms with Crippen LogP contribution in [0.25, 0.3) is 0 Å². The van der Waals surface area contributed by atoms with Crippen molar-refractivity contribution in [1.29, 1.82) is 0 Å². The smallest absolute Gasteiger partial charge is 0.406 e. The maximum atomic E-state index is 13.9. The number of alkyl halides is 5. The highest BCUT2D eigenvalue weighted by molar-refractivity contribution is 5.94. The van der Waals surface area contributed by atoms with E-state index in [0.717, 1.165) is 23.2 Å². The van der Waals surface area contributed by atoms with Crippen LogP contribution in [-0.4, -0.2) is 52.2 Å². The van der Waals surface area contributed by atoms with Gasteiger partial charge >= 0.3 is 6.36 Å². The van der Waals surface area contributed by atoms with E-state index >= 15 is 0 Å². The maximum Gasteiger partial charge on any atom is 0.573 e. The lowest BCUT2D eigenvalue weighted by Crippen LogP contribution is -2.54. The number of hydrogen-bond donors (Lipinski definition) is 2. The Morgan fingerprint density at radius 2 is 2.06 bits per heavy atom. The van der Waals surface area contributed by atoms with Crippen molar-refractivity contribution in [3.8, 4) is 5.75 Å². The molecule has 1 aliphatic rings. The molecular formula is C19H20F5N5O2. The van der Waals surface area contributed by atoms with Crippen LogP contribution < -0.4 is 15.8 Å². The first-order valence-electron chi connectivity index (χ1n) is 9.33. The Morgan fingerprint density at radius 3 is 2.74 bits per heavy atom. The number of ether oxygens (including phenoxy) is 1. The zero-order chi connectivity index (χ0) is 22.8. The zero-order valence-electron chi connectivity index (χ0n) is 16.4. The third kappa shape index (κ3) is 5.78. The molecule has 0 saturated carbocycles. The highest BCUT2D eigenvalue weighted by atomic mass is 19.4. The van der Waals surface area contributed by atoms with Gasteiger partial charge in [0.15, 0.2) is 0 Å². The minimum atomic E-state index is -4.86. The van der Waals surface area contributed by atoms with Gasteiger partial charge < -0.3 is 20.7 Å². The van der Waals surface area contributed by atoms with Gasteiger partial charge in [0, 0.05) is 31.3 Å². The van der Waals surface area contributed by atoms with Crippen LogP contribution >= 0.6 is 0 Å². The van der Waals surface area contributed by atoms with Crippen molar-refractivity contribution in [2.75, 3.05) is 18.4 Å². The Bertz CT molecular complexity index is 954. The number of carbonyl (C=O) groups excluding carboxylic acids is 1. The fourth-order valence-corrected chi connectivity index (χ4v) is 3.23. The van der Waals surface area contributed by atoms with Gasteiger partial charge in [-0.3, -0.25) is 4.79 Å². The minimum Gasteiger partial charge on any atom is -0.406 e. The number of carbonyl (C=O) groups is 1. The summed E-state index contributed by atoms with van der Waals surface area (Å²) in [5.41, 5.74) is 6.04. The molecule has 1 fully saturated rings. The average molecular weight is 445 g/mol. The summed E-state index contributed by atoms with van der Waals surface area (Å²) >= 11 is 0. The molecule has 0 bridgehead atoms. The first-order chi connectivity index (χ1) is 14.5. The molecule has 1 unspecified atom stereocenters. The van der Waals surface area contributed by atoms with E-state index in [2.05, 4.69) is 20.0 Å². The molecule has 0 aromatic carbocycles. The third-order valence-corrected chi connectivity index (χ3v) is 4.74. The zero-order valence-corrected chi connectivity index (χ0v) is 16.4. The summed E-state index contributed by atoms with van der Waals surface area (Å²) in [5.74, 6) is -4.12. The number of rotatable bonds is 5. The summed E-state index contributed by atoms with van der Waals surface area (Å²) < 4.78 is 68.8. The number of amides is 1. The van der Waals surface area contributed by atoms with Gasteiger partial charge in [0.25, 0.3) is 11.8 Å². The van der Waals surface area contributed by atoms with Crippen LogP contribution in [0.1, 0.15) is 28.9 Å². The molecule has 0 aliphatic carbocycles. The van der Waals surface area contributed by atoms with Gasteiger partial charge in [-0.25, -0.2) is 18.7 Å². The number of nitrogens with one attached hydrogen (secondary N) is 1. The number of likely N-dealkylation sites (tertiary alicyclic amines) is 1. The molecule has 1 aliphatic heterocycles. The largest absolute Gasteiger partial charge is 0.573 e. The van der Waals surface area contributed by atoms with Crippen molar-refractivity contribution in [2.24, 2.45) is 5.73 Å². The molecule has 1 atom stereocenters. The maximum absolute atomic E-state index is 13.9. The molecule has 1 saturated heterocycles.